The molecule has 112 valence electrons. The Kier molecular flexibility index (Phi) is 4.91. The van der Waals surface area contributed by atoms with Crippen LogP contribution in [0, 0.1) is 11.3 Å². The molecule has 1 aliphatic rings. The smallest absolute Gasteiger partial charge is 0.156 e. The maximum absolute atomic E-state index is 6.16. The summed E-state index contributed by atoms with van der Waals surface area (Å²) in [6.07, 6.45) is 3.66. The Morgan fingerprint density at radius 1 is 1.35 bits per heavy atom. The van der Waals surface area contributed by atoms with Crippen LogP contribution in [0.15, 0.2) is 16.6 Å². The Labute approximate surface area is 135 Å². The fourth-order valence-electron chi connectivity index (χ4n) is 3.55. The number of rotatable bonds is 3. The minimum absolute atomic E-state index is 0.387. The lowest BCUT2D eigenvalue weighted by Crippen LogP contribution is -2.35. The Hall–Kier alpha value is -0.410. The van der Waals surface area contributed by atoms with Crippen molar-refractivity contribution in [2.75, 3.05) is 12.4 Å². The summed E-state index contributed by atoms with van der Waals surface area (Å²) in [5.74, 6) is 1.57. The lowest BCUT2D eigenvalue weighted by molar-refractivity contribution is 0.178. The van der Waals surface area contributed by atoms with Crippen LogP contribution in [0.3, 0.4) is 0 Å². The minimum atomic E-state index is 0.387. The summed E-state index contributed by atoms with van der Waals surface area (Å²) in [6.45, 7) is 7.03. The van der Waals surface area contributed by atoms with Gasteiger partial charge < -0.3 is 10.1 Å². The first-order valence-corrected chi connectivity index (χ1v) is 8.27. The van der Waals surface area contributed by atoms with Crippen molar-refractivity contribution in [3.63, 3.8) is 0 Å². The third-order valence-corrected chi connectivity index (χ3v) is 4.77. The van der Waals surface area contributed by atoms with E-state index in [4.69, 9.17) is 16.3 Å². The molecule has 0 heterocycles. The van der Waals surface area contributed by atoms with Crippen molar-refractivity contribution >= 4 is 33.2 Å². The Morgan fingerprint density at radius 2 is 2.05 bits per heavy atom. The zero-order valence-corrected chi connectivity index (χ0v) is 14.9. The predicted octanol–water partition coefficient (Wildman–Crippen LogP) is 5.74. The highest BCUT2D eigenvalue weighted by atomic mass is 79.9. The SMILES string of the molecule is COc1c(Br)cc(Cl)cc1NC1CC(C)CC(C)(C)C1. The molecule has 2 atom stereocenters. The molecule has 1 aromatic rings. The van der Waals surface area contributed by atoms with Crippen LogP contribution < -0.4 is 10.1 Å². The van der Waals surface area contributed by atoms with Gasteiger partial charge in [0.2, 0.25) is 0 Å². The third-order valence-electron chi connectivity index (χ3n) is 3.96. The van der Waals surface area contributed by atoms with E-state index in [2.05, 4.69) is 42.0 Å². The molecule has 0 radical (unpaired) electrons. The molecule has 0 amide bonds. The molecule has 2 rings (SSSR count). The normalized spacial score (nSPS) is 25.3. The second kappa shape index (κ2) is 6.15. The van der Waals surface area contributed by atoms with E-state index < -0.39 is 0 Å². The van der Waals surface area contributed by atoms with Crippen molar-refractivity contribution < 1.29 is 4.74 Å². The zero-order valence-electron chi connectivity index (χ0n) is 12.6. The highest BCUT2D eigenvalue weighted by Gasteiger charge is 2.32. The van der Waals surface area contributed by atoms with E-state index in [1.807, 2.05) is 12.1 Å². The lowest BCUT2D eigenvalue weighted by atomic mass is 9.70. The fourth-order valence-corrected chi connectivity index (χ4v) is 4.52. The number of nitrogens with one attached hydrogen (secondary N) is 1. The molecule has 1 N–H and O–H groups in total. The number of halogens is 2. The van der Waals surface area contributed by atoms with Crippen molar-refractivity contribution in [1.82, 2.24) is 0 Å². The van der Waals surface area contributed by atoms with Gasteiger partial charge in [0.1, 0.15) is 0 Å². The number of benzene rings is 1. The van der Waals surface area contributed by atoms with Gasteiger partial charge in [-0.05, 0) is 58.7 Å². The Bertz CT molecular complexity index is 490. The minimum Gasteiger partial charge on any atom is -0.493 e. The quantitative estimate of drug-likeness (QED) is 0.742. The van der Waals surface area contributed by atoms with Gasteiger partial charge in [-0.3, -0.25) is 0 Å². The summed E-state index contributed by atoms with van der Waals surface area (Å²) in [6, 6.07) is 4.27. The van der Waals surface area contributed by atoms with E-state index in [0.717, 1.165) is 21.8 Å². The fraction of sp³-hybridized carbons (Fsp3) is 0.625. The molecule has 4 heteroatoms. The molecular formula is C16H23BrClNO. The number of anilines is 1. The number of hydrogen-bond donors (Lipinski definition) is 1. The van der Waals surface area contributed by atoms with Gasteiger partial charge in [0.05, 0.1) is 17.3 Å². The molecule has 0 aromatic heterocycles. The number of methoxy groups -OCH3 is 1. The van der Waals surface area contributed by atoms with Crippen molar-refractivity contribution in [3.8, 4) is 5.75 Å². The van der Waals surface area contributed by atoms with Gasteiger partial charge in [0.15, 0.2) is 5.75 Å². The Balaban J connectivity index is 2.21. The lowest BCUT2D eigenvalue weighted by Gasteiger charge is -2.39. The summed E-state index contributed by atoms with van der Waals surface area (Å²) in [4.78, 5) is 0. The second-order valence-electron chi connectivity index (χ2n) is 6.72. The third kappa shape index (κ3) is 3.82. The van der Waals surface area contributed by atoms with Gasteiger partial charge in [0.25, 0.3) is 0 Å². The van der Waals surface area contributed by atoms with Crippen LogP contribution in [0.4, 0.5) is 5.69 Å². The van der Waals surface area contributed by atoms with E-state index in [9.17, 15) is 0 Å². The highest BCUT2D eigenvalue weighted by Crippen LogP contribution is 2.42. The van der Waals surface area contributed by atoms with Crippen LogP contribution in [-0.2, 0) is 0 Å². The van der Waals surface area contributed by atoms with Crippen molar-refractivity contribution in [2.24, 2.45) is 11.3 Å². The molecule has 1 saturated carbocycles. The van der Waals surface area contributed by atoms with Crippen molar-refractivity contribution in [1.29, 1.82) is 0 Å². The average molecular weight is 361 g/mol. The van der Waals surface area contributed by atoms with E-state index in [-0.39, 0.29) is 0 Å². The van der Waals surface area contributed by atoms with Crippen LogP contribution in [-0.4, -0.2) is 13.2 Å². The standard InChI is InChI=1S/C16H23BrClNO/c1-10-5-12(9-16(2,3)8-10)19-14-7-11(18)6-13(17)15(14)20-4/h6-7,10,12,19H,5,8-9H2,1-4H3. The highest BCUT2D eigenvalue weighted by molar-refractivity contribution is 9.10. The molecule has 0 bridgehead atoms. The van der Waals surface area contributed by atoms with E-state index in [1.54, 1.807) is 7.11 Å². The maximum Gasteiger partial charge on any atom is 0.156 e. The van der Waals surface area contributed by atoms with Gasteiger partial charge in [-0.2, -0.15) is 0 Å². The topological polar surface area (TPSA) is 21.3 Å². The van der Waals surface area contributed by atoms with Gasteiger partial charge in [-0.1, -0.05) is 32.4 Å². The Morgan fingerprint density at radius 3 is 2.65 bits per heavy atom. The summed E-state index contributed by atoms with van der Waals surface area (Å²) in [5.41, 5.74) is 1.36. The van der Waals surface area contributed by atoms with Crippen LogP contribution in [0.2, 0.25) is 5.02 Å². The van der Waals surface area contributed by atoms with Gasteiger partial charge in [-0.15, -0.1) is 0 Å². The molecule has 2 nitrogen and oxygen atoms in total. The average Bonchev–Trinajstić information content (AvgIpc) is 2.25. The predicted molar refractivity (Wildman–Crippen MR) is 89.9 cm³/mol. The molecular weight excluding hydrogens is 338 g/mol. The zero-order chi connectivity index (χ0) is 14.9. The molecule has 0 spiro atoms. The number of ether oxygens (including phenoxy) is 1. The molecule has 0 aliphatic heterocycles. The monoisotopic (exact) mass is 359 g/mol. The van der Waals surface area contributed by atoms with Gasteiger partial charge in [-0.25, -0.2) is 0 Å². The first-order chi connectivity index (χ1) is 9.30. The second-order valence-corrected chi connectivity index (χ2v) is 8.01. The number of hydrogen-bond acceptors (Lipinski definition) is 2. The molecule has 1 fully saturated rings. The summed E-state index contributed by atoms with van der Waals surface area (Å²) in [7, 11) is 1.69. The molecule has 20 heavy (non-hydrogen) atoms. The van der Waals surface area contributed by atoms with Crippen LogP contribution in [0.25, 0.3) is 0 Å². The van der Waals surface area contributed by atoms with Crippen molar-refractivity contribution in [2.45, 2.75) is 46.1 Å². The summed E-state index contributed by atoms with van der Waals surface area (Å²) in [5, 5.41) is 4.34. The largest absolute Gasteiger partial charge is 0.493 e. The van der Waals surface area contributed by atoms with Crippen molar-refractivity contribution in [3.05, 3.63) is 21.6 Å². The molecule has 0 saturated heterocycles. The van der Waals surface area contributed by atoms with E-state index >= 15 is 0 Å². The molecule has 1 aliphatic carbocycles. The van der Waals surface area contributed by atoms with Gasteiger partial charge >= 0.3 is 0 Å². The van der Waals surface area contributed by atoms with E-state index in [0.29, 0.717) is 16.5 Å². The van der Waals surface area contributed by atoms with Crippen LogP contribution in [0.5, 0.6) is 5.75 Å². The van der Waals surface area contributed by atoms with Crippen LogP contribution in [0.1, 0.15) is 40.0 Å². The van der Waals surface area contributed by atoms with Crippen LogP contribution >= 0.6 is 27.5 Å². The summed E-state index contributed by atoms with van der Waals surface area (Å²) >= 11 is 9.66. The molecule has 2 unspecified atom stereocenters. The van der Waals surface area contributed by atoms with Gasteiger partial charge in [0, 0.05) is 11.1 Å². The maximum atomic E-state index is 6.16. The molecule has 1 aromatic carbocycles. The first kappa shape index (κ1) is 16.0. The summed E-state index contributed by atoms with van der Waals surface area (Å²) < 4.78 is 6.37. The van der Waals surface area contributed by atoms with E-state index in [1.165, 1.54) is 19.3 Å². The first-order valence-electron chi connectivity index (χ1n) is 7.10.